The average Bonchev–Trinajstić information content (AvgIpc) is 3.44. The van der Waals surface area contributed by atoms with E-state index in [2.05, 4.69) is 26.2 Å². The molecule has 1 aliphatic heterocycles. The lowest BCUT2D eigenvalue weighted by atomic mass is 9.99. The number of imide groups is 1. The summed E-state index contributed by atoms with van der Waals surface area (Å²) in [6.07, 6.45) is 1.23. The van der Waals surface area contributed by atoms with Gasteiger partial charge in [0.1, 0.15) is 5.75 Å². The maximum atomic E-state index is 12.4. The van der Waals surface area contributed by atoms with Crippen LogP contribution in [0.2, 0.25) is 0 Å². The summed E-state index contributed by atoms with van der Waals surface area (Å²) >= 11 is 0. The highest BCUT2D eigenvalue weighted by Crippen LogP contribution is 2.27. The molecule has 43 heavy (non-hydrogen) atoms. The number of aryl methyl sites for hydroxylation is 2. The zero-order valence-electron chi connectivity index (χ0n) is 24.2. The standard InChI is InChI=1S/C31H35F3N6O3/c1-21(2)27-20-22(3)7-16-28(27)36-30(42)37-29(41)35-17-5-4-6-23-8-10-24(11-9-23)39-18-19-40(38-39)25-12-14-26(15-13-25)43-31(32,33)34/h7-16,18-21,38H,4-6,17H2,1-3H3,(H3,35,36,37,41,42). The Morgan fingerprint density at radius 3 is 2.12 bits per heavy atom. The van der Waals surface area contributed by atoms with Gasteiger partial charge in [0, 0.05) is 24.6 Å². The Labute approximate surface area is 248 Å². The van der Waals surface area contributed by atoms with Gasteiger partial charge in [0.25, 0.3) is 0 Å². The van der Waals surface area contributed by atoms with Crippen LogP contribution in [0.5, 0.6) is 5.75 Å². The number of carbonyl (C=O) groups excluding carboxylic acids is 2. The summed E-state index contributed by atoms with van der Waals surface area (Å²) < 4.78 is 41.1. The molecule has 0 saturated carbocycles. The zero-order chi connectivity index (χ0) is 31.0. The number of hydrogen-bond acceptors (Lipinski definition) is 6. The Morgan fingerprint density at radius 1 is 0.884 bits per heavy atom. The highest BCUT2D eigenvalue weighted by atomic mass is 19.4. The van der Waals surface area contributed by atoms with Gasteiger partial charge < -0.3 is 15.4 Å². The Kier molecular flexibility index (Phi) is 10.1. The topological polar surface area (TPSA) is 98.0 Å². The van der Waals surface area contributed by atoms with Crippen LogP contribution in [0.15, 0.2) is 79.1 Å². The molecule has 3 aromatic rings. The van der Waals surface area contributed by atoms with E-state index < -0.39 is 18.4 Å². The van der Waals surface area contributed by atoms with E-state index in [0.29, 0.717) is 17.9 Å². The molecule has 0 atom stereocenters. The number of nitrogens with one attached hydrogen (secondary N) is 4. The number of carbonyl (C=O) groups is 2. The number of halogens is 3. The summed E-state index contributed by atoms with van der Waals surface area (Å²) in [4.78, 5) is 24.4. The maximum absolute atomic E-state index is 12.4. The van der Waals surface area contributed by atoms with E-state index in [1.54, 1.807) is 22.4 Å². The van der Waals surface area contributed by atoms with Crippen molar-refractivity contribution in [3.63, 3.8) is 0 Å². The first kappa shape index (κ1) is 31.2. The molecule has 1 aliphatic rings. The summed E-state index contributed by atoms with van der Waals surface area (Å²) in [6.45, 7) is 6.51. The molecule has 0 radical (unpaired) electrons. The SMILES string of the molecule is Cc1ccc(NC(=O)NC(=O)NCCCCc2ccc(N3C=CN(c4ccc(OC(F)(F)F)cc4)N3)cc2)c(C(C)C)c1. The third-order valence-corrected chi connectivity index (χ3v) is 6.63. The number of hydrazine groups is 2. The first-order valence-electron chi connectivity index (χ1n) is 13.9. The molecule has 4 rings (SSSR count). The predicted molar refractivity (Wildman–Crippen MR) is 161 cm³/mol. The summed E-state index contributed by atoms with van der Waals surface area (Å²) in [6, 6.07) is 18.1. The number of hydrogen-bond donors (Lipinski definition) is 4. The molecular formula is C31H35F3N6O3. The third-order valence-electron chi connectivity index (χ3n) is 6.63. The van der Waals surface area contributed by atoms with Crippen LogP contribution in [0, 0.1) is 6.92 Å². The molecule has 12 heteroatoms. The van der Waals surface area contributed by atoms with E-state index in [-0.39, 0.29) is 11.7 Å². The van der Waals surface area contributed by atoms with Crippen LogP contribution >= 0.6 is 0 Å². The lowest BCUT2D eigenvalue weighted by Gasteiger charge is -2.23. The lowest BCUT2D eigenvalue weighted by Crippen LogP contribution is -2.42. The van der Waals surface area contributed by atoms with Crippen LogP contribution in [0.1, 0.15) is 49.3 Å². The van der Waals surface area contributed by atoms with E-state index in [9.17, 15) is 22.8 Å². The van der Waals surface area contributed by atoms with E-state index in [0.717, 1.165) is 41.6 Å². The summed E-state index contributed by atoms with van der Waals surface area (Å²) in [7, 11) is 0. The molecule has 0 saturated heterocycles. The number of anilines is 3. The molecular weight excluding hydrogens is 561 g/mol. The van der Waals surface area contributed by atoms with Crippen LogP contribution in [-0.2, 0) is 6.42 Å². The van der Waals surface area contributed by atoms with Gasteiger partial charge in [-0.3, -0.25) is 15.3 Å². The minimum absolute atomic E-state index is 0.226. The van der Waals surface area contributed by atoms with Gasteiger partial charge >= 0.3 is 18.4 Å². The molecule has 0 spiro atoms. The first-order valence-corrected chi connectivity index (χ1v) is 13.9. The molecule has 9 nitrogen and oxygen atoms in total. The second kappa shape index (κ2) is 14.0. The fraction of sp³-hybridized carbons (Fsp3) is 0.290. The van der Waals surface area contributed by atoms with Gasteiger partial charge in [-0.2, -0.15) is 0 Å². The van der Waals surface area contributed by atoms with E-state index in [1.165, 1.54) is 24.3 Å². The summed E-state index contributed by atoms with van der Waals surface area (Å²) in [5.41, 5.74) is 8.57. The number of nitrogens with zero attached hydrogens (tertiary/aromatic N) is 2. The number of rotatable bonds is 10. The second-order valence-corrected chi connectivity index (χ2v) is 10.4. The number of urea groups is 2. The van der Waals surface area contributed by atoms with Crippen molar-refractivity contribution >= 4 is 29.1 Å². The van der Waals surface area contributed by atoms with Crippen molar-refractivity contribution in [3.05, 3.63) is 95.8 Å². The predicted octanol–water partition coefficient (Wildman–Crippen LogP) is 7.09. The maximum Gasteiger partial charge on any atom is 0.573 e. The number of unbranched alkanes of at least 4 members (excludes halogenated alkanes) is 1. The van der Waals surface area contributed by atoms with Gasteiger partial charge in [0.05, 0.1) is 11.4 Å². The van der Waals surface area contributed by atoms with Crippen molar-refractivity contribution in [2.75, 3.05) is 21.9 Å². The number of benzene rings is 3. The van der Waals surface area contributed by atoms with E-state index in [1.807, 2.05) is 63.2 Å². The molecule has 0 bridgehead atoms. The van der Waals surface area contributed by atoms with Crippen molar-refractivity contribution in [1.82, 2.24) is 16.2 Å². The minimum Gasteiger partial charge on any atom is -0.406 e. The molecule has 3 aromatic carbocycles. The highest BCUT2D eigenvalue weighted by Gasteiger charge is 2.31. The number of amides is 4. The van der Waals surface area contributed by atoms with Gasteiger partial charge in [-0.25, -0.2) is 9.59 Å². The molecule has 1 heterocycles. The van der Waals surface area contributed by atoms with Crippen LogP contribution in [-0.4, -0.2) is 25.0 Å². The molecule has 0 aliphatic carbocycles. The molecule has 0 unspecified atom stereocenters. The van der Waals surface area contributed by atoms with Crippen molar-refractivity contribution in [2.24, 2.45) is 0 Å². The zero-order valence-corrected chi connectivity index (χ0v) is 24.2. The molecule has 0 aromatic heterocycles. The van der Waals surface area contributed by atoms with Gasteiger partial charge in [-0.15, -0.1) is 18.7 Å². The smallest absolute Gasteiger partial charge is 0.406 e. The summed E-state index contributed by atoms with van der Waals surface area (Å²) in [5.74, 6) is -0.0591. The van der Waals surface area contributed by atoms with Crippen molar-refractivity contribution in [2.45, 2.75) is 52.3 Å². The van der Waals surface area contributed by atoms with Crippen LogP contribution in [0.3, 0.4) is 0 Å². The fourth-order valence-corrected chi connectivity index (χ4v) is 4.47. The summed E-state index contributed by atoms with van der Waals surface area (Å²) in [5, 5.41) is 11.2. The van der Waals surface area contributed by atoms with Crippen LogP contribution in [0.25, 0.3) is 0 Å². The normalized spacial score (nSPS) is 12.9. The minimum atomic E-state index is -4.73. The Morgan fingerprint density at radius 2 is 1.51 bits per heavy atom. The second-order valence-electron chi connectivity index (χ2n) is 10.4. The Balaban J connectivity index is 1.14. The highest BCUT2D eigenvalue weighted by molar-refractivity contribution is 6.01. The number of alkyl halides is 3. The molecule has 4 amide bonds. The lowest BCUT2D eigenvalue weighted by molar-refractivity contribution is -0.274. The number of ether oxygens (including phenoxy) is 1. The Hall–Kier alpha value is -4.71. The van der Waals surface area contributed by atoms with E-state index >= 15 is 0 Å². The van der Waals surface area contributed by atoms with Crippen molar-refractivity contribution < 1.29 is 27.5 Å². The van der Waals surface area contributed by atoms with Crippen molar-refractivity contribution in [1.29, 1.82) is 0 Å². The van der Waals surface area contributed by atoms with Crippen LogP contribution in [0.4, 0.5) is 39.8 Å². The van der Waals surface area contributed by atoms with Crippen LogP contribution < -0.4 is 36.2 Å². The Bertz CT molecular complexity index is 1430. The quantitative estimate of drug-likeness (QED) is 0.187. The van der Waals surface area contributed by atoms with Gasteiger partial charge in [0.15, 0.2) is 0 Å². The monoisotopic (exact) mass is 596 g/mol. The van der Waals surface area contributed by atoms with E-state index in [4.69, 9.17) is 0 Å². The molecule has 0 fully saturated rings. The first-order chi connectivity index (χ1) is 20.5. The fourth-order valence-electron chi connectivity index (χ4n) is 4.47. The molecule has 228 valence electrons. The van der Waals surface area contributed by atoms with Gasteiger partial charge in [-0.05, 0) is 85.7 Å². The molecule has 4 N–H and O–H groups in total. The van der Waals surface area contributed by atoms with Crippen molar-refractivity contribution in [3.8, 4) is 5.75 Å². The largest absolute Gasteiger partial charge is 0.573 e. The van der Waals surface area contributed by atoms with Gasteiger partial charge in [0.2, 0.25) is 0 Å². The third kappa shape index (κ3) is 9.40. The average molecular weight is 597 g/mol. The van der Waals surface area contributed by atoms with Gasteiger partial charge in [-0.1, -0.05) is 43.7 Å².